The van der Waals surface area contributed by atoms with Gasteiger partial charge in [-0.1, -0.05) is 142 Å². The first-order valence-electron chi connectivity index (χ1n) is 20.9. The molecule has 2 aliphatic rings. The molecule has 2 aliphatic heterocycles. The van der Waals surface area contributed by atoms with Crippen LogP contribution in [0.3, 0.4) is 0 Å². The molecule has 4 heterocycles. The fourth-order valence-electron chi connectivity index (χ4n) is 8.23. The summed E-state index contributed by atoms with van der Waals surface area (Å²) in [6.07, 6.45) is 15.2. The van der Waals surface area contributed by atoms with E-state index in [1.54, 1.807) is 0 Å². The lowest BCUT2D eigenvalue weighted by atomic mass is 9.89. The summed E-state index contributed by atoms with van der Waals surface area (Å²) >= 11 is 0. The predicted octanol–water partition coefficient (Wildman–Crippen LogP) is 13.5. The summed E-state index contributed by atoms with van der Waals surface area (Å²) in [5.41, 5.74) is 18.1. The third kappa shape index (κ3) is 8.43. The lowest BCUT2D eigenvalue weighted by molar-refractivity contribution is 0.103. The maximum Gasteiger partial charge on any atom is 0.193 e. The van der Waals surface area contributed by atoms with Crippen LogP contribution in [0.25, 0.3) is 66.8 Å². The zero-order valence-corrected chi connectivity index (χ0v) is 35.0. The molecule has 5 heteroatoms. The number of benzene rings is 6. The number of hydrogen-bond acceptors (Lipinski definition) is 4. The molecule has 0 amide bonds. The van der Waals surface area contributed by atoms with E-state index in [9.17, 15) is 0 Å². The van der Waals surface area contributed by atoms with Crippen LogP contribution in [0, 0.1) is 0 Å². The van der Waals surface area contributed by atoms with Gasteiger partial charge in [-0.3, -0.25) is 14.8 Å². The van der Waals surface area contributed by atoms with Gasteiger partial charge in [-0.05, 0) is 128 Å². The largest absolute Gasteiger partial charge is 0.386 e. The van der Waals surface area contributed by atoms with Gasteiger partial charge in [-0.25, -0.2) is 0 Å². The first-order valence-corrected chi connectivity index (χ1v) is 22.2. The van der Waals surface area contributed by atoms with E-state index >= 15 is 4.79 Å². The van der Waals surface area contributed by atoms with Crippen molar-refractivity contribution in [1.29, 1.82) is 0 Å². The van der Waals surface area contributed by atoms with Gasteiger partial charge in [0.25, 0.3) is 0 Å². The number of nitrogens with one attached hydrogen (secondary N) is 1. The number of dihydropyridines is 1. The molecule has 0 bridgehead atoms. The minimum Gasteiger partial charge on any atom is -0.386 e. The Morgan fingerprint density at radius 1 is 0.419 bits per heavy atom. The smallest absolute Gasteiger partial charge is 0.193 e. The van der Waals surface area contributed by atoms with Gasteiger partial charge in [0.15, 0.2) is 5.78 Å². The van der Waals surface area contributed by atoms with E-state index in [1.807, 2.05) is 79.4 Å². The molecule has 10 rings (SSSR count). The lowest BCUT2D eigenvalue weighted by Gasteiger charge is -2.19. The van der Waals surface area contributed by atoms with Crippen molar-refractivity contribution in [1.82, 2.24) is 15.3 Å². The molecule has 1 N–H and O–H groups in total. The van der Waals surface area contributed by atoms with Gasteiger partial charge in [0, 0.05) is 70.9 Å². The van der Waals surface area contributed by atoms with Gasteiger partial charge >= 0.3 is 0 Å². The SMILES string of the molecule is O=C(c1cc(C2=CPCC(c3ccccc3)=C2)cc(-c2cncc(-c3ccccc3)c2)c1)c1cc(C2=CC(c3ccccc3)=CNC2)cc(-c2cncc(-c3ccccc3)c2)c1. The van der Waals surface area contributed by atoms with Crippen LogP contribution < -0.4 is 5.32 Å². The fourth-order valence-corrected chi connectivity index (χ4v) is 9.33. The quantitative estimate of drug-likeness (QED) is 0.110. The van der Waals surface area contributed by atoms with Crippen molar-refractivity contribution in [3.8, 4) is 44.5 Å². The van der Waals surface area contributed by atoms with Gasteiger partial charge in [-0.2, -0.15) is 0 Å². The van der Waals surface area contributed by atoms with Crippen molar-refractivity contribution < 1.29 is 4.79 Å². The average molecular weight is 816 g/mol. The normalized spacial score (nSPS) is 13.9. The Morgan fingerprint density at radius 2 is 0.855 bits per heavy atom. The Morgan fingerprint density at radius 3 is 1.42 bits per heavy atom. The Kier molecular flexibility index (Phi) is 11.0. The number of allylic oxidation sites excluding steroid dienone is 5. The summed E-state index contributed by atoms with van der Waals surface area (Å²) in [6, 6.07) is 58.5. The predicted molar refractivity (Wildman–Crippen MR) is 260 cm³/mol. The molecule has 1 unspecified atom stereocenters. The zero-order chi connectivity index (χ0) is 41.7. The first-order chi connectivity index (χ1) is 30.6. The van der Waals surface area contributed by atoms with E-state index in [2.05, 4.69) is 145 Å². The van der Waals surface area contributed by atoms with E-state index in [0.29, 0.717) is 26.3 Å². The van der Waals surface area contributed by atoms with Crippen molar-refractivity contribution >= 4 is 36.7 Å². The van der Waals surface area contributed by atoms with Crippen LogP contribution in [0.15, 0.2) is 219 Å². The molecule has 0 spiro atoms. The first kappa shape index (κ1) is 38.7. The Labute approximate surface area is 364 Å². The van der Waals surface area contributed by atoms with Crippen molar-refractivity contribution in [2.75, 3.05) is 12.7 Å². The van der Waals surface area contributed by atoms with Crippen LogP contribution in [0.4, 0.5) is 0 Å². The summed E-state index contributed by atoms with van der Waals surface area (Å²) < 4.78 is 0. The number of pyridine rings is 2. The summed E-state index contributed by atoms with van der Waals surface area (Å²) in [5, 5.41) is 3.51. The van der Waals surface area contributed by atoms with Crippen LogP contribution in [0.2, 0.25) is 0 Å². The standard InChI is InChI=1S/C57H42N3OP/c61-57(47-23-43(52-27-49(31-58-34-52)39-13-5-1-6-14-39)21-44(24-47)53-28-50(32-59-35-53)40-15-7-2-8-16-40)48-25-45(54-29-51(33-60-36-54)41-17-9-3-10-18-41)22-46(26-48)56-30-55(37-62-38-56)42-19-11-4-12-20-42/h1-34,36,38,59,62H,35,37H2. The van der Waals surface area contributed by atoms with Crippen molar-refractivity contribution in [2.45, 2.75) is 0 Å². The summed E-state index contributed by atoms with van der Waals surface area (Å²) in [7, 11) is 0.628. The van der Waals surface area contributed by atoms with Crippen LogP contribution in [-0.2, 0) is 0 Å². The van der Waals surface area contributed by atoms with Crippen molar-refractivity contribution in [2.24, 2.45) is 0 Å². The molecule has 6 aromatic carbocycles. The lowest BCUT2D eigenvalue weighted by Crippen LogP contribution is -2.14. The van der Waals surface area contributed by atoms with E-state index in [0.717, 1.165) is 84.1 Å². The number of carbonyl (C=O) groups excluding carboxylic acids is 1. The molecule has 8 aromatic rings. The molecule has 0 aliphatic carbocycles. The molecule has 0 saturated heterocycles. The molecule has 0 radical (unpaired) electrons. The van der Waals surface area contributed by atoms with Crippen molar-refractivity contribution in [3.05, 3.63) is 252 Å². The maximum atomic E-state index is 15.3. The number of nitrogens with zero attached hydrogens (tertiary/aromatic N) is 2. The van der Waals surface area contributed by atoms with E-state index in [-0.39, 0.29) is 5.78 Å². The summed E-state index contributed by atoms with van der Waals surface area (Å²) in [5.74, 6) is 2.27. The number of aromatic nitrogens is 2. The highest BCUT2D eigenvalue weighted by Crippen LogP contribution is 2.39. The highest BCUT2D eigenvalue weighted by atomic mass is 31.1. The number of hydrogen-bond donors (Lipinski definition) is 1. The van der Waals surface area contributed by atoms with E-state index in [4.69, 9.17) is 9.97 Å². The Bertz CT molecular complexity index is 3060. The maximum absolute atomic E-state index is 15.3. The van der Waals surface area contributed by atoms with Crippen LogP contribution in [0.1, 0.15) is 38.2 Å². The fraction of sp³-hybridized carbons (Fsp3) is 0.0351. The highest BCUT2D eigenvalue weighted by molar-refractivity contribution is 7.42. The second-order valence-electron chi connectivity index (χ2n) is 15.6. The highest BCUT2D eigenvalue weighted by Gasteiger charge is 2.20. The third-order valence-electron chi connectivity index (χ3n) is 11.5. The Balaban J connectivity index is 1.12. The topological polar surface area (TPSA) is 54.9 Å². The minimum atomic E-state index is -0.0511. The minimum absolute atomic E-state index is 0.0511. The van der Waals surface area contributed by atoms with Gasteiger partial charge in [0.1, 0.15) is 0 Å². The number of ketones is 1. The van der Waals surface area contributed by atoms with Gasteiger partial charge in [-0.15, -0.1) is 0 Å². The molecule has 4 nitrogen and oxygen atoms in total. The van der Waals surface area contributed by atoms with Crippen LogP contribution >= 0.6 is 8.58 Å². The number of carbonyl (C=O) groups is 1. The van der Waals surface area contributed by atoms with Gasteiger partial charge in [0.2, 0.25) is 0 Å². The molecular formula is C57H42N3OP. The molecule has 0 saturated carbocycles. The van der Waals surface area contributed by atoms with Crippen LogP contribution in [0.5, 0.6) is 0 Å². The molecule has 296 valence electrons. The van der Waals surface area contributed by atoms with Gasteiger partial charge in [0.05, 0.1) is 0 Å². The monoisotopic (exact) mass is 815 g/mol. The molecular weight excluding hydrogens is 774 g/mol. The molecule has 0 fully saturated rings. The second-order valence-corrected chi connectivity index (χ2v) is 16.7. The van der Waals surface area contributed by atoms with Gasteiger partial charge < -0.3 is 5.32 Å². The van der Waals surface area contributed by atoms with E-state index in [1.165, 1.54) is 11.1 Å². The van der Waals surface area contributed by atoms with Crippen LogP contribution in [-0.4, -0.2) is 28.5 Å². The summed E-state index contributed by atoms with van der Waals surface area (Å²) in [6.45, 7) is 0.630. The average Bonchev–Trinajstić information content (AvgIpc) is 3.37. The zero-order valence-electron chi connectivity index (χ0n) is 34.0. The second kappa shape index (κ2) is 17.6. The summed E-state index contributed by atoms with van der Waals surface area (Å²) in [4.78, 5) is 24.7. The molecule has 1 atom stereocenters. The van der Waals surface area contributed by atoms with E-state index < -0.39 is 0 Å². The molecule has 62 heavy (non-hydrogen) atoms. The van der Waals surface area contributed by atoms with Crippen molar-refractivity contribution in [3.63, 3.8) is 0 Å². The third-order valence-corrected chi connectivity index (χ3v) is 12.6. The molecule has 2 aromatic heterocycles. The Hall–Kier alpha value is -7.52. The number of rotatable bonds is 10.